The van der Waals surface area contributed by atoms with Crippen LogP contribution >= 0.6 is 67.8 Å². The van der Waals surface area contributed by atoms with Crippen LogP contribution in [0.3, 0.4) is 0 Å². The number of carbonyl (C=O) groups is 1. The second-order valence-electron chi connectivity index (χ2n) is 4.75. The minimum absolute atomic E-state index is 0. The molecule has 0 spiro atoms. The quantitative estimate of drug-likeness (QED) is 0.325. The first-order chi connectivity index (χ1) is 10.8. The number of aliphatic carboxylic acids is 1. The van der Waals surface area contributed by atoms with E-state index in [1.165, 1.54) is 0 Å². The topological polar surface area (TPSA) is 92.8 Å². The number of ether oxygens (including phenoxy) is 1. The first-order valence-corrected chi connectivity index (χ1v) is 9.64. The van der Waals surface area contributed by atoms with E-state index in [-0.39, 0.29) is 41.7 Å². The number of aromatic hydroxyl groups is 1. The molecule has 0 aromatic heterocycles. The van der Waals surface area contributed by atoms with Crippen LogP contribution in [-0.2, 0) is 11.2 Å². The van der Waals surface area contributed by atoms with Crippen molar-refractivity contribution in [1.82, 2.24) is 0 Å². The Hall–Kier alpha value is 0.660. The van der Waals surface area contributed by atoms with Crippen molar-refractivity contribution in [3.8, 4) is 17.2 Å². The van der Waals surface area contributed by atoms with Crippen LogP contribution in [-0.4, -0.2) is 22.2 Å². The van der Waals surface area contributed by atoms with Crippen molar-refractivity contribution in [3.05, 3.63) is 46.6 Å². The second kappa shape index (κ2) is 10.1. The molecule has 0 unspecified atom stereocenters. The van der Waals surface area contributed by atoms with Gasteiger partial charge in [0.05, 0.1) is 10.7 Å². The number of hydrogen-bond donors (Lipinski definition) is 3. The average molecular weight is 674 g/mol. The Bertz CT molecular complexity index is 734. The number of carboxylic acid groups (broad SMARTS) is 1. The van der Waals surface area contributed by atoms with Crippen molar-refractivity contribution in [3.63, 3.8) is 0 Å². The summed E-state index contributed by atoms with van der Waals surface area (Å²) in [5.74, 6) is 0.507. The Morgan fingerprint density at radius 1 is 1.12 bits per heavy atom. The van der Waals surface area contributed by atoms with Crippen LogP contribution in [0.5, 0.6) is 17.2 Å². The molecule has 0 radical (unpaired) electrons. The van der Waals surface area contributed by atoms with Crippen LogP contribution in [0.1, 0.15) is 5.56 Å². The standard InChI is InChI=1S/C15H12I3NO4.Na/c16-9-6-8(1-2-13(9)20)23-14-10(17)3-7(4-11(14)18)5-12(19)15(21)22;/h1-4,6,12,20H,5,19H2,(H,21,22);/q;+1/t12-;/m1./s1. The summed E-state index contributed by atoms with van der Waals surface area (Å²) in [5, 5.41) is 18.5. The SMILES string of the molecule is N[C@H](Cc1cc(I)c(Oc2ccc(O)c(I)c2)c(I)c1)C(=O)O.[Na+]. The number of phenols is 1. The number of benzene rings is 2. The molecule has 24 heavy (non-hydrogen) atoms. The van der Waals surface area contributed by atoms with Crippen LogP contribution in [0.15, 0.2) is 30.3 Å². The largest absolute Gasteiger partial charge is 1.00 e. The number of hydrogen-bond acceptors (Lipinski definition) is 4. The number of carboxylic acids is 1. The molecule has 5 nitrogen and oxygen atoms in total. The van der Waals surface area contributed by atoms with Gasteiger partial charge >= 0.3 is 35.5 Å². The number of phenolic OH excluding ortho intramolecular Hbond substituents is 1. The van der Waals surface area contributed by atoms with Gasteiger partial charge in [-0.2, -0.15) is 0 Å². The molecule has 0 bridgehead atoms. The predicted octanol–water partition coefficient (Wildman–Crippen LogP) is 0.957. The fourth-order valence-electron chi connectivity index (χ4n) is 1.84. The van der Waals surface area contributed by atoms with Gasteiger partial charge in [0.1, 0.15) is 17.5 Å². The Morgan fingerprint density at radius 3 is 2.21 bits per heavy atom. The molecule has 122 valence electrons. The zero-order valence-corrected chi connectivity index (χ0v) is 21.1. The third-order valence-corrected chi connectivity index (χ3v) is 5.44. The summed E-state index contributed by atoms with van der Waals surface area (Å²) >= 11 is 6.33. The van der Waals surface area contributed by atoms with Gasteiger partial charge < -0.3 is 20.7 Å². The van der Waals surface area contributed by atoms with Crippen LogP contribution in [0.25, 0.3) is 0 Å². The van der Waals surface area contributed by atoms with Crippen LogP contribution in [0, 0.1) is 10.7 Å². The minimum Gasteiger partial charge on any atom is -0.507 e. The van der Waals surface area contributed by atoms with Crippen molar-refractivity contribution >= 4 is 73.7 Å². The molecule has 2 aromatic rings. The monoisotopic (exact) mass is 674 g/mol. The van der Waals surface area contributed by atoms with Gasteiger partial charge in [-0.15, -0.1) is 0 Å². The van der Waals surface area contributed by atoms with E-state index < -0.39 is 12.0 Å². The van der Waals surface area contributed by atoms with Crippen LogP contribution in [0.4, 0.5) is 0 Å². The van der Waals surface area contributed by atoms with Gasteiger partial charge in [-0.05, 0) is 110 Å². The Kier molecular flexibility index (Phi) is 9.57. The Labute approximate surface area is 202 Å². The molecule has 2 rings (SSSR count). The molecule has 0 heterocycles. The Morgan fingerprint density at radius 2 is 1.71 bits per heavy atom. The second-order valence-corrected chi connectivity index (χ2v) is 8.24. The maximum absolute atomic E-state index is 10.9. The van der Waals surface area contributed by atoms with Gasteiger partial charge in [-0.1, -0.05) is 0 Å². The van der Waals surface area contributed by atoms with Crippen molar-refractivity contribution < 1.29 is 49.3 Å². The minimum atomic E-state index is -1.02. The van der Waals surface area contributed by atoms with Crippen molar-refractivity contribution in [1.29, 1.82) is 0 Å². The van der Waals surface area contributed by atoms with E-state index in [2.05, 4.69) is 45.2 Å². The molecule has 4 N–H and O–H groups in total. The van der Waals surface area contributed by atoms with Crippen molar-refractivity contribution in [2.75, 3.05) is 0 Å². The summed E-state index contributed by atoms with van der Waals surface area (Å²) < 4.78 is 8.34. The third-order valence-electron chi connectivity index (χ3n) is 2.97. The molecule has 0 saturated heterocycles. The van der Waals surface area contributed by atoms with E-state index in [9.17, 15) is 9.90 Å². The fourth-order valence-corrected chi connectivity index (χ4v) is 4.44. The summed E-state index contributed by atoms with van der Waals surface area (Å²) in [6.07, 6.45) is 0.263. The molecule has 0 amide bonds. The summed E-state index contributed by atoms with van der Waals surface area (Å²) in [5.41, 5.74) is 6.43. The van der Waals surface area contributed by atoms with E-state index in [4.69, 9.17) is 15.6 Å². The maximum atomic E-state index is 10.9. The van der Waals surface area contributed by atoms with Gasteiger partial charge in [-0.3, -0.25) is 4.79 Å². The molecule has 9 heteroatoms. The Balaban J connectivity index is 0.00000288. The van der Waals surface area contributed by atoms with Gasteiger partial charge in [0.25, 0.3) is 0 Å². The van der Waals surface area contributed by atoms with Gasteiger partial charge in [0, 0.05) is 0 Å². The molecule has 0 fully saturated rings. The van der Waals surface area contributed by atoms with Gasteiger partial charge in [0.15, 0.2) is 5.75 Å². The molecular formula is C15H12I3NNaO4+. The number of halogens is 3. The maximum Gasteiger partial charge on any atom is 1.00 e. The zero-order chi connectivity index (χ0) is 17.1. The van der Waals surface area contributed by atoms with Crippen LogP contribution in [0.2, 0.25) is 0 Å². The van der Waals surface area contributed by atoms with E-state index in [1.807, 2.05) is 34.7 Å². The van der Waals surface area contributed by atoms with Gasteiger partial charge in [0.2, 0.25) is 0 Å². The van der Waals surface area contributed by atoms with Gasteiger partial charge in [-0.25, -0.2) is 0 Å². The van der Waals surface area contributed by atoms with E-state index in [1.54, 1.807) is 18.2 Å². The summed E-state index contributed by atoms with van der Waals surface area (Å²) in [4.78, 5) is 10.9. The smallest absolute Gasteiger partial charge is 0.507 e. The average Bonchev–Trinajstić information content (AvgIpc) is 2.46. The van der Waals surface area contributed by atoms with Crippen molar-refractivity contribution in [2.24, 2.45) is 5.73 Å². The normalized spacial score (nSPS) is 11.5. The molecule has 2 aromatic carbocycles. The van der Waals surface area contributed by atoms with E-state index in [0.29, 0.717) is 15.1 Å². The summed E-state index contributed by atoms with van der Waals surface area (Å²) in [7, 11) is 0. The molecule has 0 saturated carbocycles. The molecule has 1 atom stereocenters. The molecule has 0 aliphatic rings. The molecule has 0 aliphatic carbocycles. The molecular weight excluding hydrogens is 662 g/mol. The van der Waals surface area contributed by atoms with Crippen molar-refractivity contribution in [2.45, 2.75) is 12.5 Å². The first-order valence-electron chi connectivity index (χ1n) is 6.40. The summed E-state index contributed by atoms with van der Waals surface area (Å²) in [6.45, 7) is 0. The van der Waals surface area contributed by atoms with Crippen LogP contribution < -0.4 is 40.0 Å². The molecule has 0 aliphatic heterocycles. The third kappa shape index (κ3) is 6.13. The zero-order valence-electron chi connectivity index (χ0n) is 12.6. The fraction of sp³-hybridized carbons (Fsp3) is 0.133. The summed E-state index contributed by atoms with van der Waals surface area (Å²) in [6, 6.07) is 7.83. The van der Waals surface area contributed by atoms with E-state index >= 15 is 0 Å². The number of nitrogens with two attached hydrogens (primary N) is 1. The van der Waals surface area contributed by atoms with E-state index in [0.717, 1.165) is 12.7 Å². The first kappa shape index (κ1) is 22.7. The number of rotatable bonds is 5. The predicted molar refractivity (Wildman–Crippen MR) is 112 cm³/mol.